The van der Waals surface area contributed by atoms with Gasteiger partial charge < -0.3 is 19.2 Å². The van der Waals surface area contributed by atoms with Crippen molar-refractivity contribution in [3.05, 3.63) is 64.7 Å². The van der Waals surface area contributed by atoms with Gasteiger partial charge in [-0.25, -0.2) is 0 Å². The summed E-state index contributed by atoms with van der Waals surface area (Å²) in [7, 11) is 3.08. The van der Waals surface area contributed by atoms with Crippen molar-refractivity contribution in [1.82, 2.24) is 5.32 Å². The van der Waals surface area contributed by atoms with Gasteiger partial charge in [0.15, 0.2) is 11.8 Å². The van der Waals surface area contributed by atoms with Gasteiger partial charge in [-0.1, -0.05) is 18.9 Å². The van der Waals surface area contributed by atoms with Crippen LogP contribution >= 0.6 is 11.3 Å². The minimum Gasteiger partial charge on any atom is -0.497 e. The molecule has 0 saturated heterocycles. The van der Waals surface area contributed by atoms with E-state index >= 15 is 0 Å². The van der Waals surface area contributed by atoms with Crippen molar-refractivity contribution in [3.8, 4) is 11.5 Å². The van der Waals surface area contributed by atoms with Gasteiger partial charge in [0.2, 0.25) is 5.91 Å². The average Bonchev–Trinajstić information content (AvgIpc) is 3.60. The van der Waals surface area contributed by atoms with Crippen LogP contribution in [0.2, 0.25) is 0 Å². The molecule has 1 atom stereocenters. The molecule has 0 radical (unpaired) electrons. The molecule has 1 aromatic carbocycles. The molecule has 1 saturated carbocycles. The van der Waals surface area contributed by atoms with Crippen LogP contribution in [0, 0.1) is 0 Å². The second-order valence-corrected chi connectivity index (χ2v) is 8.58. The van der Waals surface area contributed by atoms with Crippen molar-refractivity contribution in [3.63, 3.8) is 0 Å². The Bertz CT molecular complexity index is 1040. The summed E-state index contributed by atoms with van der Waals surface area (Å²) in [6.45, 7) is 0. The van der Waals surface area contributed by atoms with Crippen molar-refractivity contribution < 1.29 is 23.5 Å². The maximum Gasteiger partial charge on any atom is 0.295 e. The SMILES string of the molecule is COc1ccc(N(C(=O)c2ccco2)[C@H](C(=O)NC2CCCC2)c2cccs2)c(OC)c1. The molecule has 0 unspecified atom stereocenters. The van der Waals surface area contributed by atoms with E-state index in [1.165, 1.54) is 29.6 Å². The predicted molar refractivity (Wildman–Crippen MR) is 123 cm³/mol. The highest BCUT2D eigenvalue weighted by molar-refractivity contribution is 7.10. The number of rotatable bonds is 8. The molecule has 1 N–H and O–H groups in total. The third-order valence-corrected chi connectivity index (χ3v) is 6.54. The van der Waals surface area contributed by atoms with Gasteiger partial charge in [-0.05, 0) is 48.6 Å². The highest BCUT2D eigenvalue weighted by Gasteiger charge is 2.37. The van der Waals surface area contributed by atoms with E-state index in [-0.39, 0.29) is 17.7 Å². The van der Waals surface area contributed by atoms with Crippen molar-refractivity contribution in [2.24, 2.45) is 0 Å². The number of furan rings is 1. The Morgan fingerprint density at radius 3 is 2.56 bits per heavy atom. The average molecular weight is 455 g/mol. The minimum absolute atomic E-state index is 0.114. The number of benzene rings is 1. The number of nitrogens with one attached hydrogen (secondary N) is 1. The number of methoxy groups -OCH3 is 2. The zero-order valence-electron chi connectivity index (χ0n) is 18.1. The monoisotopic (exact) mass is 454 g/mol. The fourth-order valence-electron chi connectivity index (χ4n) is 4.04. The molecule has 8 heteroatoms. The Morgan fingerprint density at radius 2 is 1.94 bits per heavy atom. The van der Waals surface area contributed by atoms with Crippen LogP contribution in [-0.2, 0) is 4.79 Å². The summed E-state index contributed by atoms with van der Waals surface area (Å²) in [4.78, 5) is 29.5. The summed E-state index contributed by atoms with van der Waals surface area (Å²) in [6, 6.07) is 11.4. The van der Waals surface area contributed by atoms with Gasteiger partial charge >= 0.3 is 0 Å². The molecule has 2 aromatic heterocycles. The number of hydrogen-bond donors (Lipinski definition) is 1. The summed E-state index contributed by atoms with van der Waals surface area (Å²) in [5.41, 5.74) is 0.453. The first-order chi connectivity index (χ1) is 15.6. The van der Waals surface area contributed by atoms with Crippen molar-refractivity contribution in [2.75, 3.05) is 19.1 Å². The Morgan fingerprint density at radius 1 is 1.12 bits per heavy atom. The molecule has 0 aliphatic heterocycles. The number of nitrogens with zero attached hydrogens (tertiary/aromatic N) is 1. The third-order valence-electron chi connectivity index (χ3n) is 5.62. The lowest BCUT2D eigenvalue weighted by molar-refractivity contribution is -0.123. The topological polar surface area (TPSA) is 81.0 Å². The largest absolute Gasteiger partial charge is 0.497 e. The highest BCUT2D eigenvalue weighted by Crippen LogP contribution is 2.39. The molecule has 0 spiro atoms. The first-order valence-electron chi connectivity index (χ1n) is 10.5. The first-order valence-corrected chi connectivity index (χ1v) is 11.4. The van der Waals surface area contributed by atoms with Crippen LogP contribution in [-0.4, -0.2) is 32.1 Å². The van der Waals surface area contributed by atoms with Crippen molar-refractivity contribution in [2.45, 2.75) is 37.8 Å². The van der Waals surface area contributed by atoms with Crippen molar-refractivity contribution in [1.29, 1.82) is 0 Å². The van der Waals surface area contributed by atoms with Gasteiger partial charge in [-0.2, -0.15) is 0 Å². The number of ether oxygens (including phenoxy) is 2. The van der Waals surface area contributed by atoms with Crippen LogP contribution in [0.1, 0.15) is 47.2 Å². The Kier molecular flexibility index (Phi) is 6.80. The van der Waals surface area contributed by atoms with E-state index in [1.54, 1.807) is 37.4 Å². The lowest BCUT2D eigenvalue weighted by atomic mass is 10.1. The second kappa shape index (κ2) is 9.91. The number of hydrogen-bond acceptors (Lipinski definition) is 6. The van der Waals surface area contributed by atoms with E-state index in [0.717, 1.165) is 30.6 Å². The van der Waals surface area contributed by atoms with Gasteiger partial charge in [0, 0.05) is 17.0 Å². The second-order valence-electron chi connectivity index (χ2n) is 7.60. The van der Waals surface area contributed by atoms with Gasteiger partial charge in [-0.3, -0.25) is 14.5 Å². The fourth-order valence-corrected chi connectivity index (χ4v) is 4.85. The summed E-state index contributed by atoms with van der Waals surface area (Å²) >= 11 is 1.43. The minimum atomic E-state index is -0.879. The van der Waals surface area contributed by atoms with E-state index in [4.69, 9.17) is 13.9 Å². The van der Waals surface area contributed by atoms with E-state index in [2.05, 4.69) is 5.32 Å². The molecule has 1 aliphatic rings. The maximum atomic E-state index is 13.7. The number of thiophene rings is 1. The summed E-state index contributed by atoms with van der Waals surface area (Å²) < 4.78 is 16.3. The molecule has 168 valence electrons. The molecule has 0 bridgehead atoms. The lowest BCUT2D eigenvalue weighted by Gasteiger charge is -2.31. The van der Waals surface area contributed by atoms with E-state index in [9.17, 15) is 9.59 Å². The zero-order valence-corrected chi connectivity index (χ0v) is 18.9. The number of anilines is 1. The molecule has 2 amide bonds. The van der Waals surface area contributed by atoms with Crippen LogP contribution < -0.4 is 19.7 Å². The summed E-state index contributed by atoms with van der Waals surface area (Å²) in [5.74, 6) is 0.479. The molecule has 2 heterocycles. The van der Waals surface area contributed by atoms with Gasteiger partial charge in [0.25, 0.3) is 5.91 Å². The first kappa shape index (κ1) is 22.0. The van der Waals surface area contributed by atoms with Crippen LogP contribution in [0.15, 0.2) is 58.5 Å². The molecule has 3 aromatic rings. The smallest absolute Gasteiger partial charge is 0.295 e. The van der Waals surface area contributed by atoms with Crippen LogP contribution in [0.3, 0.4) is 0 Å². The molecule has 32 heavy (non-hydrogen) atoms. The molecular weight excluding hydrogens is 428 g/mol. The van der Waals surface area contributed by atoms with Gasteiger partial charge in [0.1, 0.15) is 11.5 Å². The third kappa shape index (κ3) is 4.50. The highest BCUT2D eigenvalue weighted by atomic mass is 32.1. The van der Waals surface area contributed by atoms with Crippen LogP contribution in [0.4, 0.5) is 5.69 Å². The Hall–Kier alpha value is -3.26. The summed E-state index contributed by atoms with van der Waals surface area (Å²) in [6.07, 6.45) is 5.52. The van der Waals surface area contributed by atoms with E-state index in [1.807, 2.05) is 17.5 Å². The Balaban J connectivity index is 1.82. The van der Waals surface area contributed by atoms with E-state index in [0.29, 0.717) is 17.2 Å². The standard InChI is InChI=1S/C24H26N2O5S/c1-29-17-11-12-18(20(15-17)30-2)26(24(28)19-9-5-13-31-19)22(21-10-6-14-32-21)23(27)25-16-7-3-4-8-16/h5-6,9-16,22H,3-4,7-8H2,1-2H3,(H,25,27)/t22-/m0/s1. The van der Waals surface area contributed by atoms with Crippen LogP contribution in [0.5, 0.6) is 11.5 Å². The van der Waals surface area contributed by atoms with Gasteiger partial charge in [0.05, 0.1) is 26.2 Å². The molecule has 4 rings (SSSR count). The van der Waals surface area contributed by atoms with Crippen LogP contribution in [0.25, 0.3) is 0 Å². The molecule has 7 nitrogen and oxygen atoms in total. The number of carbonyl (C=O) groups is 2. The number of carbonyl (C=O) groups excluding carboxylic acids is 2. The number of amides is 2. The van der Waals surface area contributed by atoms with E-state index < -0.39 is 11.9 Å². The molecule has 1 fully saturated rings. The molecule has 1 aliphatic carbocycles. The maximum absolute atomic E-state index is 13.7. The lowest BCUT2D eigenvalue weighted by Crippen LogP contribution is -2.46. The predicted octanol–water partition coefficient (Wildman–Crippen LogP) is 4.81. The quantitative estimate of drug-likeness (QED) is 0.529. The normalized spacial score (nSPS) is 14.7. The van der Waals surface area contributed by atoms with Crippen molar-refractivity contribution >= 4 is 28.8 Å². The zero-order chi connectivity index (χ0) is 22.5. The summed E-state index contributed by atoms with van der Waals surface area (Å²) in [5, 5.41) is 5.05. The fraction of sp³-hybridized carbons (Fsp3) is 0.333. The molecular formula is C24H26N2O5S. The Labute approximate surface area is 190 Å². The van der Waals surface area contributed by atoms with Gasteiger partial charge in [-0.15, -0.1) is 11.3 Å².